The number of amides is 3. The average Bonchev–Trinajstić information content (AvgIpc) is 2.85. The first-order valence-corrected chi connectivity index (χ1v) is 9.97. The molecule has 0 aromatic heterocycles. The van der Waals surface area contributed by atoms with Gasteiger partial charge in [0.1, 0.15) is 6.54 Å². The minimum atomic E-state index is -0.839. The second-order valence-corrected chi connectivity index (χ2v) is 7.79. The Morgan fingerprint density at radius 1 is 1.22 bits per heavy atom. The number of unbranched alkanes of at least 4 members (excludes halogenated alkanes) is 2. The Balaban J connectivity index is 1.82. The Morgan fingerprint density at radius 3 is 2.70 bits per heavy atom. The van der Waals surface area contributed by atoms with Crippen molar-refractivity contribution in [2.75, 3.05) is 13.1 Å². The summed E-state index contributed by atoms with van der Waals surface area (Å²) < 4.78 is 0.859. The second-order valence-electron chi connectivity index (χ2n) is 5.88. The van der Waals surface area contributed by atoms with Crippen molar-refractivity contribution in [3.8, 4) is 0 Å². The van der Waals surface area contributed by atoms with Crippen LogP contribution in [0.4, 0.5) is 4.79 Å². The molecule has 1 saturated heterocycles. The van der Waals surface area contributed by atoms with E-state index in [1.165, 1.54) is 0 Å². The molecule has 0 radical (unpaired) electrons. The molecular formula is C18H19BrN2O5S. The highest BCUT2D eigenvalue weighted by Crippen LogP contribution is 2.32. The number of thioether (sulfide) groups is 1. The molecule has 1 fully saturated rings. The molecule has 0 aliphatic carbocycles. The van der Waals surface area contributed by atoms with Crippen LogP contribution in [-0.4, -0.2) is 46.1 Å². The molecule has 0 saturated carbocycles. The third-order valence-corrected chi connectivity index (χ3v) is 5.11. The van der Waals surface area contributed by atoms with Crippen molar-refractivity contribution in [2.24, 2.45) is 0 Å². The molecular weight excluding hydrogens is 436 g/mol. The summed E-state index contributed by atoms with van der Waals surface area (Å²) in [6.45, 7) is 0.0537. The lowest BCUT2D eigenvalue weighted by Gasteiger charge is -2.12. The van der Waals surface area contributed by atoms with Gasteiger partial charge in [0.2, 0.25) is 5.91 Å². The van der Waals surface area contributed by atoms with E-state index in [1.54, 1.807) is 6.08 Å². The van der Waals surface area contributed by atoms with Gasteiger partial charge in [-0.3, -0.25) is 24.1 Å². The number of carbonyl (C=O) groups excluding carboxylic acids is 3. The van der Waals surface area contributed by atoms with Gasteiger partial charge in [-0.15, -0.1) is 0 Å². The van der Waals surface area contributed by atoms with E-state index in [9.17, 15) is 19.2 Å². The summed E-state index contributed by atoms with van der Waals surface area (Å²) in [6.07, 6.45) is 3.60. The van der Waals surface area contributed by atoms with E-state index in [2.05, 4.69) is 21.2 Å². The molecule has 1 aliphatic heterocycles. The molecule has 1 aromatic rings. The monoisotopic (exact) mass is 454 g/mol. The molecule has 2 N–H and O–H groups in total. The first-order chi connectivity index (χ1) is 12.9. The van der Waals surface area contributed by atoms with Crippen LogP contribution < -0.4 is 5.32 Å². The lowest BCUT2D eigenvalue weighted by atomic mass is 10.2. The SMILES string of the molecule is O=C(O)CCCCCNC(=O)CN1C(=O)S/C(=C\c2cccc(Br)c2)C1=O. The Bertz CT molecular complexity index is 781. The van der Waals surface area contributed by atoms with Gasteiger partial charge in [-0.1, -0.05) is 34.5 Å². The lowest BCUT2D eigenvalue weighted by Crippen LogP contribution is -2.39. The number of hydrogen-bond donors (Lipinski definition) is 2. The van der Waals surface area contributed by atoms with Gasteiger partial charge in [0.15, 0.2) is 0 Å². The minimum absolute atomic E-state index is 0.106. The van der Waals surface area contributed by atoms with Crippen LogP contribution in [0, 0.1) is 0 Å². The van der Waals surface area contributed by atoms with Crippen LogP contribution in [-0.2, 0) is 14.4 Å². The molecule has 0 bridgehead atoms. The second kappa shape index (κ2) is 10.3. The predicted octanol–water partition coefficient (Wildman–Crippen LogP) is 3.25. The molecule has 3 amide bonds. The van der Waals surface area contributed by atoms with Crippen molar-refractivity contribution in [1.29, 1.82) is 0 Å². The van der Waals surface area contributed by atoms with Crippen LogP contribution in [0.3, 0.4) is 0 Å². The molecule has 0 atom stereocenters. The molecule has 27 heavy (non-hydrogen) atoms. The number of halogens is 1. The van der Waals surface area contributed by atoms with Crippen LogP contribution in [0.5, 0.6) is 0 Å². The summed E-state index contributed by atoms with van der Waals surface area (Å²) in [5.41, 5.74) is 0.778. The van der Waals surface area contributed by atoms with Gasteiger partial charge in [-0.2, -0.15) is 0 Å². The fourth-order valence-corrected chi connectivity index (χ4v) is 3.64. The number of carboxylic acids is 1. The average molecular weight is 455 g/mol. The molecule has 1 aliphatic rings. The molecule has 144 valence electrons. The van der Waals surface area contributed by atoms with Crippen molar-refractivity contribution in [1.82, 2.24) is 10.2 Å². The van der Waals surface area contributed by atoms with E-state index in [1.807, 2.05) is 24.3 Å². The quantitative estimate of drug-likeness (QED) is 0.438. The van der Waals surface area contributed by atoms with Gasteiger partial charge in [0.05, 0.1) is 4.91 Å². The maximum Gasteiger partial charge on any atom is 0.303 e. The zero-order valence-electron chi connectivity index (χ0n) is 14.4. The summed E-state index contributed by atoms with van der Waals surface area (Å²) in [5.74, 6) is -1.74. The summed E-state index contributed by atoms with van der Waals surface area (Å²) >= 11 is 4.16. The minimum Gasteiger partial charge on any atom is -0.481 e. The summed E-state index contributed by atoms with van der Waals surface area (Å²) in [5, 5.41) is 10.7. The summed E-state index contributed by atoms with van der Waals surface area (Å²) in [4.78, 5) is 48.0. The normalized spacial score (nSPS) is 15.4. The van der Waals surface area contributed by atoms with Crippen LogP contribution >= 0.6 is 27.7 Å². The number of carbonyl (C=O) groups is 4. The predicted molar refractivity (Wildman–Crippen MR) is 106 cm³/mol. The highest BCUT2D eigenvalue weighted by Gasteiger charge is 2.36. The lowest BCUT2D eigenvalue weighted by molar-refractivity contribution is -0.137. The third-order valence-electron chi connectivity index (χ3n) is 3.71. The van der Waals surface area contributed by atoms with E-state index in [0.29, 0.717) is 25.8 Å². The first-order valence-electron chi connectivity index (χ1n) is 8.36. The van der Waals surface area contributed by atoms with E-state index < -0.39 is 23.0 Å². The fourth-order valence-electron chi connectivity index (χ4n) is 2.39. The van der Waals surface area contributed by atoms with Crippen molar-refractivity contribution in [3.63, 3.8) is 0 Å². The zero-order chi connectivity index (χ0) is 19.8. The van der Waals surface area contributed by atoms with Gasteiger partial charge in [-0.25, -0.2) is 0 Å². The van der Waals surface area contributed by atoms with Crippen LogP contribution in [0.1, 0.15) is 31.2 Å². The van der Waals surface area contributed by atoms with Gasteiger partial charge in [-0.05, 0) is 48.4 Å². The number of imide groups is 1. The number of benzene rings is 1. The van der Waals surface area contributed by atoms with Crippen LogP contribution in [0.15, 0.2) is 33.6 Å². The molecule has 0 unspecified atom stereocenters. The van der Waals surface area contributed by atoms with Gasteiger partial charge >= 0.3 is 5.97 Å². The molecule has 2 rings (SSSR count). The maximum atomic E-state index is 12.4. The van der Waals surface area contributed by atoms with E-state index >= 15 is 0 Å². The Kier molecular flexibility index (Phi) is 8.05. The van der Waals surface area contributed by atoms with Crippen molar-refractivity contribution in [2.45, 2.75) is 25.7 Å². The van der Waals surface area contributed by atoms with Crippen molar-refractivity contribution >= 4 is 56.8 Å². The van der Waals surface area contributed by atoms with Gasteiger partial charge < -0.3 is 10.4 Å². The summed E-state index contributed by atoms with van der Waals surface area (Å²) in [6, 6.07) is 7.32. The van der Waals surface area contributed by atoms with Crippen molar-refractivity contribution < 1.29 is 24.3 Å². The fraction of sp³-hybridized carbons (Fsp3) is 0.333. The zero-order valence-corrected chi connectivity index (χ0v) is 16.8. The standard InChI is InChI=1S/C18H19BrN2O5S/c19-13-6-4-5-12(9-13)10-14-17(25)21(18(26)27-14)11-15(22)20-8-3-1-2-7-16(23)24/h4-6,9-10H,1-3,7-8,11H2,(H,20,22)(H,23,24)/b14-10-. The Hall–Kier alpha value is -2.13. The van der Waals surface area contributed by atoms with E-state index in [-0.39, 0.29) is 17.9 Å². The smallest absolute Gasteiger partial charge is 0.303 e. The molecule has 9 heteroatoms. The van der Waals surface area contributed by atoms with E-state index in [0.717, 1.165) is 26.7 Å². The van der Waals surface area contributed by atoms with Crippen LogP contribution in [0.25, 0.3) is 6.08 Å². The maximum absolute atomic E-state index is 12.4. The summed E-state index contributed by atoms with van der Waals surface area (Å²) in [7, 11) is 0. The number of aliphatic carboxylic acids is 1. The Morgan fingerprint density at radius 2 is 2.00 bits per heavy atom. The largest absolute Gasteiger partial charge is 0.481 e. The molecule has 1 aromatic carbocycles. The van der Waals surface area contributed by atoms with Gasteiger partial charge in [0.25, 0.3) is 11.1 Å². The number of nitrogens with zero attached hydrogens (tertiary/aromatic N) is 1. The number of carboxylic acid groups (broad SMARTS) is 1. The third kappa shape index (κ3) is 6.84. The highest BCUT2D eigenvalue weighted by atomic mass is 79.9. The molecule has 1 heterocycles. The molecule has 0 spiro atoms. The van der Waals surface area contributed by atoms with Crippen LogP contribution in [0.2, 0.25) is 0 Å². The highest BCUT2D eigenvalue weighted by molar-refractivity contribution is 9.10. The first kappa shape index (κ1) is 21.2. The van der Waals surface area contributed by atoms with Gasteiger partial charge in [0, 0.05) is 17.4 Å². The Labute approximate surface area is 169 Å². The van der Waals surface area contributed by atoms with E-state index in [4.69, 9.17) is 5.11 Å². The molecule has 7 nitrogen and oxygen atoms in total. The number of rotatable bonds is 9. The van der Waals surface area contributed by atoms with Crippen molar-refractivity contribution in [3.05, 3.63) is 39.2 Å². The number of hydrogen-bond acceptors (Lipinski definition) is 5. The topological polar surface area (TPSA) is 104 Å². The number of nitrogens with one attached hydrogen (secondary N) is 1.